The van der Waals surface area contributed by atoms with E-state index < -0.39 is 17.2 Å². The Kier molecular flexibility index (Phi) is 4.30. The second kappa shape index (κ2) is 6.18. The van der Waals surface area contributed by atoms with Crippen LogP contribution in [-0.4, -0.2) is 35.3 Å². The first-order valence-corrected chi connectivity index (χ1v) is 6.44. The zero-order valence-electron chi connectivity index (χ0n) is 12.3. The zero-order valence-corrected chi connectivity index (χ0v) is 12.3. The lowest BCUT2D eigenvalue weighted by atomic mass is 10.2. The van der Waals surface area contributed by atoms with Crippen molar-refractivity contribution in [2.24, 2.45) is 14.1 Å². The molecule has 0 amide bonds. The molecule has 1 aromatic carbocycles. The van der Waals surface area contributed by atoms with Gasteiger partial charge in [-0.2, -0.15) is 0 Å². The number of benzene rings is 1. The number of H-pyrrole nitrogens is 1. The van der Waals surface area contributed by atoms with Crippen molar-refractivity contribution in [3.05, 3.63) is 57.0 Å². The Morgan fingerprint density at radius 1 is 1.22 bits per heavy atom. The summed E-state index contributed by atoms with van der Waals surface area (Å²) in [6, 6.07) is 5.81. The lowest BCUT2D eigenvalue weighted by molar-refractivity contribution is 0.0693. The first-order valence-electron chi connectivity index (χ1n) is 6.44. The van der Waals surface area contributed by atoms with E-state index in [1.807, 2.05) is 0 Å². The van der Waals surface area contributed by atoms with Gasteiger partial charge in [-0.1, -0.05) is 12.1 Å². The number of para-hydroxylation sites is 1. The highest BCUT2D eigenvalue weighted by Crippen LogP contribution is 2.14. The Morgan fingerprint density at radius 3 is 2.43 bits per heavy atom. The minimum atomic E-state index is -1.11. The highest BCUT2D eigenvalue weighted by molar-refractivity contribution is 5.90. The predicted octanol–water partition coefficient (Wildman–Crippen LogP) is 0.0507. The number of carbonyl (C=O) groups is 1. The van der Waals surface area contributed by atoms with E-state index in [-0.39, 0.29) is 11.3 Å². The SMILES string of the molecule is Cn1cnc2c1c(=O)[nH]c(=O)n2C.O=C(O)c1ccccc1O. The van der Waals surface area contributed by atoms with Crippen molar-refractivity contribution in [3.63, 3.8) is 0 Å². The van der Waals surface area contributed by atoms with Gasteiger partial charge in [-0.05, 0) is 12.1 Å². The topological polar surface area (TPSA) is 130 Å². The van der Waals surface area contributed by atoms with Crippen LogP contribution >= 0.6 is 0 Å². The van der Waals surface area contributed by atoms with Gasteiger partial charge in [-0.3, -0.25) is 14.3 Å². The fourth-order valence-corrected chi connectivity index (χ4v) is 1.92. The lowest BCUT2D eigenvalue weighted by Gasteiger charge is -1.97. The van der Waals surface area contributed by atoms with Crippen LogP contribution in [0.25, 0.3) is 11.2 Å². The molecule has 0 unspecified atom stereocenters. The number of fused-ring (bicyclic) bond motifs is 1. The Hall–Kier alpha value is -3.36. The summed E-state index contributed by atoms with van der Waals surface area (Å²) in [7, 11) is 3.27. The maximum Gasteiger partial charge on any atom is 0.339 e. The van der Waals surface area contributed by atoms with E-state index >= 15 is 0 Å². The van der Waals surface area contributed by atoms with Crippen molar-refractivity contribution < 1.29 is 15.0 Å². The minimum Gasteiger partial charge on any atom is -0.507 e. The van der Waals surface area contributed by atoms with Crippen LogP contribution < -0.4 is 11.2 Å². The van der Waals surface area contributed by atoms with Gasteiger partial charge in [-0.25, -0.2) is 14.6 Å². The monoisotopic (exact) mass is 318 g/mol. The van der Waals surface area contributed by atoms with Gasteiger partial charge >= 0.3 is 11.7 Å². The molecule has 0 spiro atoms. The van der Waals surface area contributed by atoms with Crippen LogP contribution in [-0.2, 0) is 14.1 Å². The maximum atomic E-state index is 11.3. The summed E-state index contributed by atoms with van der Waals surface area (Å²) in [5.41, 5.74) is -0.116. The molecule has 9 nitrogen and oxygen atoms in total. The number of aromatic carboxylic acids is 1. The number of nitrogens with one attached hydrogen (secondary N) is 1. The molecule has 3 aromatic rings. The van der Waals surface area contributed by atoms with E-state index in [0.29, 0.717) is 11.2 Å². The van der Waals surface area contributed by atoms with Crippen molar-refractivity contribution in [2.75, 3.05) is 0 Å². The van der Waals surface area contributed by atoms with E-state index in [2.05, 4.69) is 9.97 Å². The molecule has 2 aromatic heterocycles. The van der Waals surface area contributed by atoms with Gasteiger partial charge in [0.25, 0.3) is 5.56 Å². The molecule has 0 saturated carbocycles. The molecule has 0 atom stereocenters. The number of phenols is 1. The summed E-state index contributed by atoms with van der Waals surface area (Å²) in [6.07, 6.45) is 1.50. The highest BCUT2D eigenvalue weighted by Gasteiger charge is 2.08. The molecule has 0 aliphatic carbocycles. The summed E-state index contributed by atoms with van der Waals surface area (Å²) in [5, 5.41) is 17.3. The smallest absolute Gasteiger partial charge is 0.339 e. The van der Waals surface area contributed by atoms with Gasteiger partial charge in [0.05, 0.1) is 6.33 Å². The molecule has 0 radical (unpaired) electrons. The number of carboxylic acid groups (broad SMARTS) is 1. The first kappa shape index (κ1) is 16.0. The van der Waals surface area contributed by atoms with Crippen LogP contribution in [0.5, 0.6) is 5.75 Å². The summed E-state index contributed by atoms with van der Waals surface area (Å²) >= 11 is 0. The molecule has 0 aliphatic rings. The van der Waals surface area contributed by atoms with Crippen LogP contribution in [0.15, 0.2) is 40.2 Å². The third-order valence-corrected chi connectivity index (χ3v) is 3.11. The number of hydrogen-bond acceptors (Lipinski definition) is 5. The zero-order chi connectivity index (χ0) is 17.1. The number of aromatic nitrogens is 4. The summed E-state index contributed by atoms with van der Waals surface area (Å²) in [5.74, 6) is -1.31. The Morgan fingerprint density at radius 2 is 1.87 bits per heavy atom. The van der Waals surface area contributed by atoms with Gasteiger partial charge in [-0.15, -0.1) is 0 Å². The largest absolute Gasteiger partial charge is 0.507 e. The Labute approximate surface area is 129 Å². The molecule has 2 heterocycles. The molecule has 0 saturated heterocycles. The van der Waals surface area contributed by atoms with Crippen molar-refractivity contribution in [1.82, 2.24) is 19.1 Å². The number of rotatable bonds is 1. The van der Waals surface area contributed by atoms with E-state index in [1.165, 1.54) is 23.0 Å². The number of imidazole rings is 1. The van der Waals surface area contributed by atoms with Crippen LogP contribution in [0.1, 0.15) is 10.4 Å². The first-order chi connectivity index (χ1) is 10.8. The Bertz CT molecular complexity index is 983. The van der Waals surface area contributed by atoms with E-state index in [1.54, 1.807) is 30.8 Å². The van der Waals surface area contributed by atoms with Gasteiger partial charge in [0, 0.05) is 14.1 Å². The predicted molar refractivity (Wildman–Crippen MR) is 81.6 cm³/mol. The second-order valence-corrected chi connectivity index (χ2v) is 4.67. The lowest BCUT2D eigenvalue weighted by Crippen LogP contribution is -2.28. The molecular formula is C14H14N4O5. The number of hydrogen-bond donors (Lipinski definition) is 3. The van der Waals surface area contributed by atoms with E-state index in [0.717, 1.165) is 0 Å². The van der Waals surface area contributed by atoms with Gasteiger partial charge in [0.1, 0.15) is 11.3 Å². The molecule has 9 heteroatoms. The molecule has 120 valence electrons. The number of aromatic hydroxyl groups is 1. The summed E-state index contributed by atoms with van der Waals surface area (Å²) in [4.78, 5) is 38.8. The van der Waals surface area contributed by atoms with E-state index in [4.69, 9.17) is 10.2 Å². The highest BCUT2D eigenvalue weighted by atomic mass is 16.4. The average molecular weight is 318 g/mol. The fraction of sp³-hybridized carbons (Fsp3) is 0.143. The quantitative estimate of drug-likeness (QED) is 0.581. The molecule has 0 aliphatic heterocycles. The van der Waals surface area contributed by atoms with Crippen molar-refractivity contribution in [3.8, 4) is 5.75 Å². The molecule has 0 fully saturated rings. The van der Waals surface area contributed by atoms with Crippen molar-refractivity contribution in [1.29, 1.82) is 0 Å². The number of aromatic amines is 1. The van der Waals surface area contributed by atoms with Gasteiger partial charge < -0.3 is 14.8 Å². The van der Waals surface area contributed by atoms with Crippen molar-refractivity contribution in [2.45, 2.75) is 0 Å². The normalized spacial score (nSPS) is 10.2. The summed E-state index contributed by atoms with van der Waals surface area (Å²) < 4.78 is 2.88. The molecule has 23 heavy (non-hydrogen) atoms. The number of nitrogens with zero attached hydrogens (tertiary/aromatic N) is 3. The standard InChI is InChI=1S/C7H8N4O2.C7H6O3/c1-10-3-8-5-4(10)6(12)9-7(13)11(5)2;8-6-4-2-1-3-5(6)7(9)10/h3H,1-2H3,(H,9,12,13);1-4,8H,(H,9,10). The van der Waals surface area contributed by atoms with Crippen LogP contribution in [0.2, 0.25) is 0 Å². The summed E-state index contributed by atoms with van der Waals surface area (Å²) in [6.45, 7) is 0. The van der Waals surface area contributed by atoms with Gasteiger partial charge in [0.15, 0.2) is 11.2 Å². The van der Waals surface area contributed by atoms with Crippen LogP contribution in [0.4, 0.5) is 0 Å². The van der Waals surface area contributed by atoms with Gasteiger partial charge in [0.2, 0.25) is 0 Å². The average Bonchev–Trinajstić information content (AvgIpc) is 2.88. The van der Waals surface area contributed by atoms with Crippen molar-refractivity contribution >= 4 is 17.1 Å². The molecule has 0 bridgehead atoms. The molecule has 3 N–H and O–H groups in total. The third kappa shape index (κ3) is 3.12. The fourth-order valence-electron chi connectivity index (χ4n) is 1.92. The maximum absolute atomic E-state index is 11.3. The molecule has 3 rings (SSSR count). The number of aryl methyl sites for hydroxylation is 2. The number of carboxylic acids is 1. The minimum absolute atomic E-state index is 0.0671. The van der Waals surface area contributed by atoms with Crippen LogP contribution in [0, 0.1) is 0 Å². The van der Waals surface area contributed by atoms with Crippen LogP contribution in [0.3, 0.4) is 0 Å². The second-order valence-electron chi connectivity index (χ2n) is 4.67. The third-order valence-electron chi connectivity index (χ3n) is 3.11. The molecular weight excluding hydrogens is 304 g/mol. The van der Waals surface area contributed by atoms with E-state index in [9.17, 15) is 14.4 Å². The Balaban J connectivity index is 0.000000174.